The molecule has 3 aromatic carbocycles. The van der Waals surface area contributed by atoms with Crippen molar-refractivity contribution < 1.29 is 22.7 Å². The molecule has 8 heteroatoms. The second-order valence-electron chi connectivity index (χ2n) is 6.65. The van der Waals surface area contributed by atoms with Crippen LogP contribution in [0.5, 0.6) is 5.75 Å². The molecule has 0 atom stereocenters. The van der Waals surface area contributed by atoms with E-state index in [1.165, 1.54) is 23.9 Å². The number of thioether (sulfide) groups is 1. The SMILES string of the molecule is O=C(CSc1c(-c2ccccc2)[nH]c2ccccc12)Nc1ccc(OC(F)(F)F)cc1. The Morgan fingerprint density at radius 3 is 2.32 bits per heavy atom. The van der Waals surface area contributed by atoms with Crippen molar-refractivity contribution in [2.45, 2.75) is 11.3 Å². The fraction of sp³-hybridized carbons (Fsp3) is 0.0870. The quantitative estimate of drug-likeness (QED) is 0.337. The zero-order valence-corrected chi connectivity index (χ0v) is 16.9. The number of H-pyrrole nitrogens is 1. The normalized spacial score (nSPS) is 11.5. The van der Waals surface area contributed by atoms with Gasteiger partial charge in [-0.2, -0.15) is 0 Å². The average Bonchev–Trinajstić information content (AvgIpc) is 3.12. The molecule has 0 bridgehead atoms. The highest BCUT2D eigenvalue weighted by Gasteiger charge is 2.31. The molecule has 0 aliphatic heterocycles. The number of hydrogen-bond donors (Lipinski definition) is 2. The number of para-hydroxylation sites is 1. The van der Waals surface area contributed by atoms with Gasteiger partial charge in [0.05, 0.1) is 11.4 Å². The van der Waals surface area contributed by atoms with Gasteiger partial charge >= 0.3 is 6.36 Å². The zero-order chi connectivity index (χ0) is 21.8. The van der Waals surface area contributed by atoms with E-state index in [0.29, 0.717) is 5.69 Å². The molecule has 2 N–H and O–H groups in total. The molecule has 0 unspecified atom stereocenters. The number of aromatic amines is 1. The number of ether oxygens (including phenoxy) is 1. The first-order valence-corrected chi connectivity index (χ1v) is 10.3. The number of fused-ring (bicyclic) bond motifs is 1. The first kappa shape index (κ1) is 20.9. The van der Waals surface area contributed by atoms with Gasteiger partial charge < -0.3 is 15.0 Å². The third-order valence-electron chi connectivity index (χ3n) is 4.44. The predicted octanol–water partition coefficient (Wildman–Crippen LogP) is 6.46. The molecule has 0 aliphatic rings. The third kappa shape index (κ3) is 5.21. The van der Waals surface area contributed by atoms with E-state index < -0.39 is 6.36 Å². The summed E-state index contributed by atoms with van der Waals surface area (Å²) >= 11 is 1.40. The zero-order valence-electron chi connectivity index (χ0n) is 16.1. The summed E-state index contributed by atoms with van der Waals surface area (Å²) in [5.74, 6) is -0.465. The summed E-state index contributed by atoms with van der Waals surface area (Å²) in [4.78, 5) is 16.8. The largest absolute Gasteiger partial charge is 0.573 e. The molecule has 31 heavy (non-hydrogen) atoms. The number of alkyl halides is 3. The van der Waals surface area contributed by atoms with E-state index in [4.69, 9.17) is 0 Å². The van der Waals surface area contributed by atoms with Gasteiger partial charge in [0.2, 0.25) is 5.91 Å². The molecular formula is C23H17F3N2O2S. The maximum Gasteiger partial charge on any atom is 0.573 e. The Morgan fingerprint density at radius 1 is 0.935 bits per heavy atom. The summed E-state index contributed by atoms with van der Waals surface area (Å²) in [7, 11) is 0. The molecular weight excluding hydrogens is 425 g/mol. The number of rotatable bonds is 6. The highest BCUT2D eigenvalue weighted by atomic mass is 32.2. The number of carbonyl (C=O) groups is 1. The van der Waals surface area contributed by atoms with Gasteiger partial charge in [0.15, 0.2) is 0 Å². The van der Waals surface area contributed by atoms with Gasteiger partial charge in [0.1, 0.15) is 5.75 Å². The average molecular weight is 442 g/mol. The third-order valence-corrected chi connectivity index (χ3v) is 5.56. The lowest BCUT2D eigenvalue weighted by Crippen LogP contribution is -2.17. The van der Waals surface area contributed by atoms with Crippen LogP contribution in [-0.4, -0.2) is 23.0 Å². The maximum atomic E-state index is 12.5. The van der Waals surface area contributed by atoms with Gasteiger partial charge in [-0.05, 0) is 35.9 Å². The summed E-state index contributed by atoms with van der Waals surface area (Å²) in [6, 6.07) is 22.8. The summed E-state index contributed by atoms with van der Waals surface area (Å²) < 4.78 is 40.6. The van der Waals surface area contributed by atoms with E-state index in [-0.39, 0.29) is 17.4 Å². The number of carbonyl (C=O) groups excluding carboxylic acids is 1. The van der Waals surface area contributed by atoms with E-state index in [0.717, 1.165) is 39.2 Å². The monoisotopic (exact) mass is 442 g/mol. The van der Waals surface area contributed by atoms with Crippen LogP contribution in [-0.2, 0) is 4.79 Å². The van der Waals surface area contributed by atoms with Crippen LogP contribution in [0.2, 0.25) is 0 Å². The number of nitrogens with one attached hydrogen (secondary N) is 2. The van der Waals surface area contributed by atoms with Crippen molar-refractivity contribution >= 4 is 34.3 Å². The Kier molecular flexibility index (Phi) is 5.90. The van der Waals surface area contributed by atoms with Gasteiger partial charge in [0.25, 0.3) is 0 Å². The molecule has 158 valence electrons. The van der Waals surface area contributed by atoms with Crippen LogP contribution >= 0.6 is 11.8 Å². The maximum absolute atomic E-state index is 12.5. The Labute approximate surface area is 180 Å². The van der Waals surface area contributed by atoms with E-state index in [1.807, 2.05) is 54.6 Å². The van der Waals surface area contributed by atoms with Gasteiger partial charge in [0, 0.05) is 21.5 Å². The minimum absolute atomic E-state index is 0.141. The van der Waals surface area contributed by atoms with Crippen molar-refractivity contribution in [2.24, 2.45) is 0 Å². The predicted molar refractivity (Wildman–Crippen MR) is 116 cm³/mol. The van der Waals surface area contributed by atoms with E-state index in [2.05, 4.69) is 15.0 Å². The summed E-state index contributed by atoms with van der Waals surface area (Å²) in [5, 5.41) is 3.72. The van der Waals surface area contributed by atoms with E-state index >= 15 is 0 Å². The highest BCUT2D eigenvalue weighted by molar-refractivity contribution is 8.00. The topological polar surface area (TPSA) is 54.1 Å². The van der Waals surface area contributed by atoms with Crippen LogP contribution in [0.15, 0.2) is 83.8 Å². The summed E-state index contributed by atoms with van der Waals surface area (Å²) in [6.45, 7) is 0. The molecule has 0 aliphatic carbocycles. The summed E-state index contributed by atoms with van der Waals surface area (Å²) in [5.41, 5.74) is 3.32. The fourth-order valence-corrected chi connectivity index (χ4v) is 4.14. The Morgan fingerprint density at radius 2 is 1.61 bits per heavy atom. The number of halogens is 3. The molecule has 4 aromatic rings. The number of amides is 1. The van der Waals surface area contributed by atoms with Crippen molar-refractivity contribution in [2.75, 3.05) is 11.1 Å². The molecule has 1 amide bonds. The number of hydrogen-bond acceptors (Lipinski definition) is 3. The van der Waals surface area contributed by atoms with Gasteiger partial charge in [-0.1, -0.05) is 48.5 Å². The van der Waals surface area contributed by atoms with Crippen molar-refractivity contribution in [1.82, 2.24) is 4.98 Å². The fourth-order valence-electron chi connectivity index (χ4n) is 3.15. The van der Waals surface area contributed by atoms with Crippen LogP contribution in [0.3, 0.4) is 0 Å². The Balaban J connectivity index is 1.47. The summed E-state index contributed by atoms with van der Waals surface area (Å²) in [6.07, 6.45) is -4.75. The molecule has 4 rings (SSSR count). The molecule has 1 aromatic heterocycles. The van der Waals surface area contributed by atoms with Gasteiger partial charge in [-0.15, -0.1) is 24.9 Å². The first-order chi connectivity index (χ1) is 14.9. The molecule has 1 heterocycles. The first-order valence-electron chi connectivity index (χ1n) is 9.34. The molecule has 4 nitrogen and oxygen atoms in total. The Bertz CT molecular complexity index is 1190. The molecule has 0 fully saturated rings. The Hall–Kier alpha value is -3.39. The van der Waals surface area contributed by atoms with Crippen molar-refractivity contribution in [3.8, 4) is 17.0 Å². The minimum atomic E-state index is -4.75. The number of benzene rings is 3. The van der Waals surface area contributed by atoms with Crippen LogP contribution in [0, 0.1) is 0 Å². The molecule has 0 saturated heterocycles. The minimum Gasteiger partial charge on any atom is -0.406 e. The molecule has 0 saturated carbocycles. The van der Waals surface area contributed by atoms with E-state index in [1.54, 1.807) is 0 Å². The van der Waals surface area contributed by atoms with Crippen LogP contribution in [0.25, 0.3) is 22.2 Å². The molecule has 0 radical (unpaired) electrons. The second-order valence-corrected chi connectivity index (χ2v) is 7.64. The lowest BCUT2D eigenvalue weighted by molar-refractivity contribution is -0.274. The number of anilines is 1. The lowest BCUT2D eigenvalue weighted by atomic mass is 10.1. The van der Waals surface area contributed by atoms with Crippen molar-refractivity contribution in [3.63, 3.8) is 0 Å². The standard InChI is InChI=1S/C23H17F3N2O2S/c24-23(25,26)30-17-12-10-16(11-13-17)27-20(29)14-31-22-18-8-4-5-9-19(18)28-21(22)15-6-2-1-3-7-15/h1-13,28H,14H2,(H,27,29). The smallest absolute Gasteiger partial charge is 0.406 e. The lowest BCUT2D eigenvalue weighted by Gasteiger charge is -2.10. The van der Waals surface area contributed by atoms with Crippen LogP contribution in [0.4, 0.5) is 18.9 Å². The van der Waals surface area contributed by atoms with Gasteiger partial charge in [-0.25, -0.2) is 0 Å². The highest BCUT2D eigenvalue weighted by Crippen LogP contribution is 2.37. The van der Waals surface area contributed by atoms with Crippen LogP contribution < -0.4 is 10.1 Å². The second kappa shape index (κ2) is 8.77. The van der Waals surface area contributed by atoms with Crippen LogP contribution in [0.1, 0.15) is 0 Å². The van der Waals surface area contributed by atoms with Gasteiger partial charge in [-0.3, -0.25) is 4.79 Å². The van der Waals surface area contributed by atoms with E-state index in [9.17, 15) is 18.0 Å². The number of aromatic nitrogens is 1. The van der Waals surface area contributed by atoms with Crippen molar-refractivity contribution in [1.29, 1.82) is 0 Å². The molecule has 0 spiro atoms. The van der Waals surface area contributed by atoms with Crippen molar-refractivity contribution in [3.05, 3.63) is 78.9 Å².